The molecule has 1 saturated carbocycles. The third-order valence-electron chi connectivity index (χ3n) is 3.20. The van der Waals surface area contributed by atoms with Crippen LogP contribution in [0.15, 0.2) is 10.5 Å². The molecule has 0 bridgehead atoms. The number of thioether (sulfide) groups is 1. The van der Waals surface area contributed by atoms with Gasteiger partial charge in [-0.15, -0.1) is 11.8 Å². The van der Waals surface area contributed by atoms with Gasteiger partial charge in [0.15, 0.2) is 0 Å². The Morgan fingerprint density at radius 1 is 1.14 bits per heavy atom. The van der Waals surface area contributed by atoms with Gasteiger partial charge in [-0.05, 0) is 54.8 Å². The van der Waals surface area contributed by atoms with Crippen LogP contribution in [0.4, 0.5) is 0 Å². The Hall–Kier alpha value is -0.420. The van der Waals surface area contributed by atoms with Crippen molar-refractivity contribution < 1.29 is 0 Å². The first-order valence-electron chi connectivity index (χ1n) is 5.66. The van der Waals surface area contributed by atoms with Crippen LogP contribution in [-0.4, -0.2) is 5.75 Å². The Labute approximate surface area is 90.6 Å². The van der Waals surface area contributed by atoms with Gasteiger partial charge in [0.25, 0.3) is 0 Å². The number of hydrogen-bond donors (Lipinski definition) is 0. The molecule has 1 aliphatic heterocycles. The van der Waals surface area contributed by atoms with Crippen molar-refractivity contribution in [2.24, 2.45) is 5.92 Å². The number of allylic oxidation sites excluding steroid dienone is 2. The summed E-state index contributed by atoms with van der Waals surface area (Å²) in [5.74, 6) is 1.53. The Morgan fingerprint density at radius 3 is 2.71 bits per heavy atom. The standard InChI is InChI=1S/C12H17NS/c13-9-10-5-1-2-6-11(10)12-7-3-4-8-14-12/h10H,1-8H2. The second-order valence-corrected chi connectivity index (χ2v) is 5.37. The summed E-state index contributed by atoms with van der Waals surface area (Å²) >= 11 is 2.02. The van der Waals surface area contributed by atoms with Crippen LogP contribution in [0, 0.1) is 17.2 Å². The van der Waals surface area contributed by atoms with Crippen molar-refractivity contribution >= 4 is 11.8 Å². The molecule has 0 N–H and O–H groups in total. The van der Waals surface area contributed by atoms with Gasteiger partial charge in [-0.2, -0.15) is 5.26 Å². The second kappa shape index (κ2) is 4.89. The zero-order valence-corrected chi connectivity index (χ0v) is 9.41. The Morgan fingerprint density at radius 2 is 2.00 bits per heavy atom. The molecule has 0 spiro atoms. The summed E-state index contributed by atoms with van der Waals surface area (Å²) in [6, 6.07) is 2.48. The van der Waals surface area contributed by atoms with Gasteiger partial charge < -0.3 is 0 Å². The second-order valence-electron chi connectivity index (χ2n) is 4.18. The molecule has 0 aromatic rings. The molecule has 0 aromatic heterocycles. The van der Waals surface area contributed by atoms with E-state index in [1.54, 1.807) is 4.91 Å². The van der Waals surface area contributed by atoms with Crippen molar-refractivity contribution in [1.82, 2.24) is 0 Å². The van der Waals surface area contributed by atoms with Crippen molar-refractivity contribution in [3.8, 4) is 6.07 Å². The van der Waals surface area contributed by atoms with Gasteiger partial charge in [-0.1, -0.05) is 6.42 Å². The zero-order valence-electron chi connectivity index (χ0n) is 8.59. The molecule has 1 nitrogen and oxygen atoms in total. The molecule has 76 valence electrons. The average Bonchev–Trinajstić information content (AvgIpc) is 2.30. The van der Waals surface area contributed by atoms with E-state index in [0.29, 0.717) is 0 Å². The molecule has 0 aromatic carbocycles. The Bertz CT molecular complexity index is 267. The van der Waals surface area contributed by atoms with Crippen molar-refractivity contribution in [1.29, 1.82) is 5.26 Å². The third-order valence-corrected chi connectivity index (χ3v) is 4.51. The van der Waals surface area contributed by atoms with E-state index in [-0.39, 0.29) is 5.92 Å². The highest BCUT2D eigenvalue weighted by Gasteiger charge is 2.22. The van der Waals surface area contributed by atoms with Gasteiger partial charge in [0.1, 0.15) is 0 Å². The van der Waals surface area contributed by atoms with E-state index in [1.807, 2.05) is 11.8 Å². The van der Waals surface area contributed by atoms with Crippen LogP contribution in [0.5, 0.6) is 0 Å². The maximum Gasteiger partial charge on any atom is 0.0700 e. The maximum absolute atomic E-state index is 9.10. The molecule has 2 aliphatic rings. The van der Waals surface area contributed by atoms with E-state index in [9.17, 15) is 0 Å². The van der Waals surface area contributed by atoms with Crippen molar-refractivity contribution in [3.05, 3.63) is 10.5 Å². The predicted molar refractivity (Wildman–Crippen MR) is 60.9 cm³/mol. The lowest BCUT2D eigenvalue weighted by atomic mass is 9.84. The number of hydrogen-bond acceptors (Lipinski definition) is 2. The van der Waals surface area contributed by atoms with Gasteiger partial charge in [-0.25, -0.2) is 0 Å². The van der Waals surface area contributed by atoms with Crippen molar-refractivity contribution in [3.63, 3.8) is 0 Å². The van der Waals surface area contributed by atoms with E-state index in [4.69, 9.17) is 5.26 Å². The fourth-order valence-electron chi connectivity index (χ4n) is 2.40. The fraction of sp³-hybridized carbons (Fsp3) is 0.750. The van der Waals surface area contributed by atoms with Gasteiger partial charge in [-0.3, -0.25) is 0 Å². The molecule has 1 atom stereocenters. The Balaban J connectivity index is 2.15. The summed E-state index contributed by atoms with van der Waals surface area (Å²) in [7, 11) is 0. The number of nitrogens with zero attached hydrogens (tertiary/aromatic N) is 1. The van der Waals surface area contributed by atoms with E-state index < -0.39 is 0 Å². The monoisotopic (exact) mass is 207 g/mol. The summed E-state index contributed by atoms with van der Waals surface area (Å²) in [5.41, 5.74) is 1.50. The molecule has 14 heavy (non-hydrogen) atoms. The highest BCUT2D eigenvalue weighted by Crippen LogP contribution is 2.39. The highest BCUT2D eigenvalue weighted by atomic mass is 32.2. The van der Waals surface area contributed by atoms with Gasteiger partial charge >= 0.3 is 0 Å². The quantitative estimate of drug-likeness (QED) is 0.602. The highest BCUT2D eigenvalue weighted by molar-refractivity contribution is 8.03. The molecule has 0 amide bonds. The zero-order chi connectivity index (χ0) is 9.80. The smallest absolute Gasteiger partial charge is 0.0700 e. The van der Waals surface area contributed by atoms with Crippen LogP contribution in [-0.2, 0) is 0 Å². The summed E-state index contributed by atoms with van der Waals surface area (Å²) in [4.78, 5) is 1.57. The lowest BCUT2D eigenvalue weighted by Gasteiger charge is -2.25. The molecule has 0 radical (unpaired) electrons. The fourth-order valence-corrected chi connectivity index (χ4v) is 3.71. The van der Waals surface area contributed by atoms with Crippen LogP contribution in [0.2, 0.25) is 0 Å². The minimum atomic E-state index is 0.254. The van der Waals surface area contributed by atoms with Gasteiger partial charge in [0.05, 0.1) is 12.0 Å². The molecular formula is C12H17NS. The molecular weight excluding hydrogens is 190 g/mol. The van der Waals surface area contributed by atoms with Crippen LogP contribution in [0.1, 0.15) is 44.9 Å². The van der Waals surface area contributed by atoms with Crippen molar-refractivity contribution in [2.75, 3.05) is 5.75 Å². The molecule has 1 saturated heterocycles. The number of nitriles is 1. The summed E-state index contributed by atoms with van der Waals surface area (Å²) in [6.07, 6.45) is 8.80. The third kappa shape index (κ3) is 2.15. The van der Waals surface area contributed by atoms with Crippen LogP contribution in [0.25, 0.3) is 0 Å². The van der Waals surface area contributed by atoms with E-state index in [1.165, 1.54) is 49.9 Å². The predicted octanol–water partition coefficient (Wildman–Crippen LogP) is 3.87. The largest absolute Gasteiger partial charge is 0.198 e. The topological polar surface area (TPSA) is 23.8 Å². The lowest BCUT2D eigenvalue weighted by molar-refractivity contribution is 0.521. The summed E-state index contributed by atoms with van der Waals surface area (Å²) in [5, 5.41) is 9.10. The van der Waals surface area contributed by atoms with Crippen LogP contribution >= 0.6 is 11.8 Å². The molecule has 2 fully saturated rings. The molecule has 2 rings (SSSR count). The van der Waals surface area contributed by atoms with E-state index in [2.05, 4.69) is 6.07 Å². The van der Waals surface area contributed by atoms with Crippen LogP contribution in [0.3, 0.4) is 0 Å². The van der Waals surface area contributed by atoms with E-state index in [0.717, 1.165) is 6.42 Å². The first-order valence-corrected chi connectivity index (χ1v) is 6.64. The number of rotatable bonds is 0. The first kappa shape index (κ1) is 10.1. The molecule has 1 heterocycles. The van der Waals surface area contributed by atoms with Crippen molar-refractivity contribution in [2.45, 2.75) is 44.9 Å². The van der Waals surface area contributed by atoms with Crippen LogP contribution < -0.4 is 0 Å². The summed E-state index contributed by atoms with van der Waals surface area (Å²) < 4.78 is 0. The normalized spacial score (nSPS) is 33.8. The molecule has 1 unspecified atom stereocenters. The summed E-state index contributed by atoms with van der Waals surface area (Å²) in [6.45, 7) is 0. The minimum Gasteiger partial charge on any atom is -0.198 e. The Kier molecular flexibility index (Phi) is 3.53. The maximum atomic E-state index is 9.10. The first-order chi connectivity index (χ1) is 6.92. The van der Waals surface area contributed by atoms with Gasteiger partial charge in [0.2, 0.25) is 0 Å². The lowest BCUT2D eigenvalue weighted by Crippen LogP contribution is -2.11. The average molecular weight is 207 g/mol. The SMILES string of the molecule is N#CC1CCCCC1=C1CCCCS1. The van der Waals surface area contributed by atoms with Gasteiger partial charge in [0, 0.05) is 0 Å². The minimum absolute atomic E-state index is 0.254. The molecule has 2 heteroatoms. The van der Waals surface area contributed by atoms with E-state index >= 15 is 0 Å². The molecule has 1 aliphatic carbocycles.